The van der Waals surface area contributed by atoms with Gasteiger partial charge in [0, 0.05) is 27.0 Å². The number of anilines is 1. The van der Waals surface area contributed by atoms with Gasteiger partial charge < -0.3 is 5.32 Å². The maximum Gasteiger partial charge on any atom is 0.240 e. The second-order valence-electron chi connectivity index (χ2n) is 3.82. The van der Waals surface area contributed by atoms with E-state index in [-0.39, 0.29) is 4.90 Å². The highest BCUT2D eigenvalue weighted by atomic mass is 79.9. The van der Waals surface area contributed by atoms with Crippen LogP contribution in [0.5, 0.6) is 0 Å². The van der Waals surface area contributed by atoms with Crippen LogP contribution >= 0.6 is 27.3 Å². The maximum atomic E-state index is 11.7. The summed E-state index contributed by atoms with van der Waals surface area (Å²) in [6.07, 6.45) is 0. The van der Waals surface area contributed by atoms with Crippen LogP contribution in [0.25, 0.3) is 0 Å². The lowest BCUT2D eigenvalue weighted by molar-refractivity contribution is 0.588. The highest BCUT2D eigenvalue weighted by molar-refractivity contribution is 9.10. The fraction of sp³-hybridized carbons (Fsp3) is 0.167. The van der Waals surface area contributed by atoms with Gasteiger partial charge in [0.25, 0.3) is 0 Å². The highest BCUT2D eigenvalue weighted by Crippen LogP contribution is 2.21. The summed E-state index contributed by atoms with van der Waals surface area (Å²) in [6.45, 7) is 0.666. The molecule has 1 aromatic heterocycles. The van der Waals surface area contributed by atoms with Crippen LogP contribution < -0.4 is 10.0 Å². The Morgan fingerprint density at radius 2 is 2.11 bits per heavy atom. The Morgan fingerprint density at radius 1 is 1.32 bits per heavy atom. The van der Waals surface area contributed by atoms with E-state index in [0.29, 0.717) is 6.54 Å². The van der Waals surface area contributed by atoms with Crippen molar-refractivity contribution in [3.8, 4) is 0 Å². The molecule has 0 saturated heterocycles. The van der Waals surface area contributed by atoms with Gasteiger partial charge in [0.05, 0.1) is 4.90 Å². The Bertz CT molecular complexity index is 668. The molecule has 0 radical (unpaired) electrons. The van der Waals surface area contributed by atoms with Crippen LogP contribution in [-0.2, 0) is 16.6 Å². The second kappa shape index (κ2) is 6.04. The zero-order chi connectivity index (χ0) is 13.9. The van der Waals surface area contributed by atoms with Crippen molar-refractivity contribution in [2.24, 2.45) is 0 Å². The van der Waals surface area contributed by atoms with Gasteiger partial charge in [-0.15, -0.1) is 11.3 Å². The summed E-state index contributed by atoms with van der Waals surface area (Å²) in [4.78, 5) is 1.43. The molecule has 0 fully saturated rings. The van der Waals surface area contributed by atoms with Gasteiger partial charge in [-0.3, -0.25) is 0 Å². The molecule has 2 rings (SSSR count). The zero-order valence-electron chi connectivity index (χ0n) is 10.2. The van der Waals surface area contributed by atoms with Gasteiger partial charge in [-0.1, -0.05) is 6.07 Å². The molecule has 1 aromatic carbocycles. The molecule has 0 bridgehead atoms. The number of halogens is 1. The minimum absolute atomic E-state index is 0.257. The third-order valence-corrected chi connectivity index (χ3v) is 5.61. The van der Waals surface area contributed by atoms with E-state index >= 15 is 0 Å². The molecule has 0 aliphatic carbocycles. The quantitative estimate of drug-likeness (QED) is 0.861. The monoisotopic (exact) mass is 360 g/mol. The first-order valence-corrected chi connectivity index (χ1v) is 8.67. The van der Waals surface area contributed by atoms with E-state index in [1.54, 1.807) is 29.5 Å². The Labute approximate surface area is 125 Å². The summed E-state index contributed by atoms with van der Waals surface area (Å²) in [7, 11) is -1.99. The first-order valence-electron chi connectivity index (χ1n) is 5.51. The number of hydrogen-bond acceptors (Lipinski definition) is 4. The van der Waals surface area contributed by atoms with Crippen LogP contribution in [-0.4, -0.2) is 15.5 Å². The number of hydrogen-bond donors (Lipinski definition) is 2. The molecular formula is C12H13BrN2O2S2. The molecular weight excluding hydrogens is 348 g/mol. The van der Waals surface area contributed by atoms with Crippen LogP contribution in [0.1, 0.15) is 4.88 Å². The summed E-state index contributed by atoms with van der Waals surface area (Å²) in [6, 6.07) is 8.79. The molecule has 0 aliphatic heterocycles. The highest BCUT2D eigenvalue weighted by Gasteiger charge is 2.11. The number of rotatable bonds is 5. The minimum atomic E-state index is -3.39. The van der Waals surface area contributed by atoms with Crippen molar-refractivity contribution >= 4 is 43.0 Å². The molecule has 2 N–H and O–H groups in total. The minimum Gasteiger partial charge on any atom is -0.380 e. The normalized spacial score (nSPS) is 11.5. The molecule has 2 aromatic rings. The topological polar surface area (TPSA) is 58.2 Å². The van der Waals surface area contributed by atoms with Crippen molar-refractivity contribution in [3.63, 3.8) is 0 Å². The largest absolute Gasteiger partial charge is 0.380 e. The fourth-order valence-corrected chi connectivity index (χ4v) is 3.69. The van der Waals surface area contributed by atoms with E-state index < -0.39 is 10.0 Å². The third kappa shape index (κ3) is 3.79. The first-order chi connectivity index (χ1) is 9.01. The Morgan fingerprint density at radius 3 is 2.74 bits per heavy atom. The molecule has 19 heavy (non-hydrogen) atoms. The van der Waals surface area contributed by atoms with Crippen molar-refractivity contribution in [2.75, 3.05) is 12.4 Å². The maximum absolute atomic E-state index is 11.7. The van der Waals surface area contributed by atoms with Gasteiger partial charge in [-0.05, 0) is 47.2 Å². The molecule has 1 heterocycles. The van der Waals surface area contributed by atoms with Crippen molar-refractivity contribution in [1.29, 1.82) is 0 Å². The van der Waals surface area contributed by atoms with E-state index in [9.17, 15) is 8.42 Å². The molecule has 7 heteroatoms. The van der Waals surface area contributed by atoms with E-state index in [2.05, 4.69) is 26.0 Å². The summed E-state index contributed by atoms with van der Waals surface area (Å²) in [5, 5.41) is 5.22. The number of sulfonamides is 1. The lowest BCUT2D eigenvalue weighted by Crippen LogP contribution is -2.18. The summed E-state index contributed by atoms with van der Waals surface area (Å²) < 4.78 is 26.7. The molecule has 0 amide bonds. The molecule has 0 atom stereocenters. The zero-order valence-corrected chi connectivity index (χ0v) is 13.4. The van der Waals surface area contributed by atoms with Crippen molar-refractivity contribution in [3.05, 3.63) is 45.1 Å². The van der Waals surface area contributed by atoms with Crippen LogP contribution in [0.15, 0.2) is 45.1 Å². The Kier molecular flexibility index (Phi) is 4.62. The lowest BCUT2D eigenvalue weighted by atomic mass is 10.3. The van der Waals surface area contributed by atoms with Gasteiger partial charge in [-0.25, -0.2) is 13.1 Å². The Balaban J connectivity index is 2.11. The third-order valence-electron chi connectivity index (χ3n) is 2.50. The SMILES string of the molecule is CNS(=O)(=O)c1cccc(NCc2cc(Br)cs2)c1. The van der Waals surface area contributed by atoms with Crippen molar-refractivity contribution < 1.29 is 8.42 Å². The second-order valence-corrected chi connectivity index (χ2v) is 7.62. The van der Waals surface area contributed by atoms with Crippen molar-refractivity contribution in [1.82, 2.24) is 4.72 Å². The lowest BCUT2D eigenvalue weighted by Gasteiger charge is -2.07. The van der Waals surface area contributed by atoms with Crippen LogP contribution in [0.3, 0.4) is 0 Å². The average molecular weight is 361 g/mol. The number of benzene rings is 1. The smallest absolute Gasteiger partial charge is 0.240 e. The first kappa shape index (κ1) is 14.5. The van der Waals surface area contributed by atoms with Crippen LogP contribution in [0, 0.1) is 0 Å². The summed E-state index contributed by atoms with van der Waals surface area (Å²) in [5.74, 6) is 0. The van der Waals surface area contributed by atoms with E-state index in [0.717, 1.165) is 10.2 Å². The van der Waals surface area contributed by atoms with Crippen molar-refractivity contribution in [2.45, 2.75) is 11.4 Å². The molecule has 0 spiro atoms. The van der Waals surface area contributed by atoms with Crippen LogP contribution in [0.4, 0.5) is 5.69 Å². The fourth-order valence-electron chi connectivity index (χ4n) is 1.53. The molecule has 0 saturated carbocycles. The van der Waals surface area contributed by atoms with Gasteiger partial charge >= 0.3 is 0 Å². The Hall–Kier alpha value is -0.890. The van der Waals surface area contributed by atoms with Crippen LogP contribution in [0.2, 0.25) is 0 Å². The van der Waals surface area contributed by atoms with E-state index in [4.69, 9.17) is 0 Å². The molecule has 0 unspecified atom stereocenters. The molecule has 102 valence electrons. The van der Waals surface area contributed by atoms with Gasteiger partial charge in [0.1, 0.15) is 0 Å². The summed E-state index contributed by atoms with van der Waals surface area (Å²) >= 11 is 5.04. The van der Waals surface area contributed by atoms with Gasteiger partial charge in [0.2, 0.25) is 10.0 Å². The average Bonchev–Trinajstić information content (AvgIpc) is 2.82. The van der Waals surface area contributed by atoms with Gasteiger partial charge in [-0.2, -0.15) is 0 Å². The summed E-state index contributed by atoms with van der Waals surface area (Å²) in [5.41, 5.74) is 0.779. The van der Waals surface area contributed by atoms with E-state index in [1.807, 2.05) is 17.5 Å². The standard InChI is InChI=1S/C12H13BrN2O2S2/c1-14-19(16,17)12-4-2-3-10(6-12)15-7-11-5-9(13)8-18-11/h2-6,8,14-15H,7H2,1H3. The number of nitrogens with one attached hydrogen (secondary N) is 2. The predicted octanol–water partition coefficient (Wildman–Crippen LogP) is 3.03. The predicted molar refractivity (Wildman–Crippen MR) is 82.0 cm³/mol. The molecule has 0 aliphatic rings. The number of thiophene rings is 1. The molecule has 4 nitrogen and oxygen atoms in total. The van der Waals surface area contributed by atoms with Gasteiger partial charge in [0.15, 0.2) is 0 Å². The van der Waals surface area contributed by atoms with E-state index in [1.165, 1.54) is 11.9 Å².